The van der Waals surface area contributed by atoms with Crippen molar-refractivity contribution in [3.05, 3.63) is 0 Å². The summed E-state index contributed by atoms with van der Waals surface area (Å²) < 4.78 is 75.3. The molecule has 2 rings (SSSR count). The fourth-order valence-corrected chi connectivity index (χ4v) is 3.12. The summed E-state index contributed by atoms with van der Waals surface area (Å²) in [5, 5.41) is 9.47. The minimum absolute atomic E-state index is 0.0324. The van der Waals surface area contributed by atoms with Crippen LogP contribution in [-0.2, 0) is 4.79 Å². The summed E-state index contributed by atoms with van der Waals surface area (Å²) >= 11 is 0. The highest BCUT2D eigenvalue weighted by molar-refractivity contribution is 5.81. The predicted molar refractivity (Wildman–Crippen MR) is 54.5 cm³/mol. The van der Waals surface area contributed by atoms with E-state index >= 15 is 0 Å². The zero-order valence-electron chi connectivity index (χ0n) is 10.2. The molecule has 2 heterocycles. The maximum absolute atomic E-state index is 12.6. The molecule has 2 saturated heterocycles. The number of piperidine rings is 1. The van der Waals surface area contributed by atoms with Gasteiger partial charge in [0.1, 0.15) is 0 Å². The molecular formula is C11H13F6NO2. The van der Waals surface area contributed by atoms with E-state index in [0.717, 1.165) is 0 Å². The smallest absolute Gasteiger partial charge is 0.393 e. The highest BCUT2D eigenvalue weighted by Gasteiger charge is 2.63. The van der Waals surface area contributed by atoms with Gasteiger partial charge in [-0.15, -0.1) is 0 Å². The monoisotopic (exact) mass is 305 g/mol. The van der Waals surface area contributed by atoms with E-state index in [2.05, 4.69) is 0 Å². The van der Waals surface area contributed by atoms with Crippen molar-refractivity contribution in [1.29, 1.82) is 0 Å². The summed E-state index contributed by atoms with van der Waals surface area (Å²) in [5.41, 5.74) is 0. The number of rotatable bonds is 1. The van der Waals surface area contributed by atoms with Gasteiger partial charge >= 0.3 is 12.4 Å². The molecule has 20 heavy (non-hydrogen) atoms. The lowest BCUT2D eigenvalue weighted by atomic mass is 9.96. The number of halogens is 6. The van der Waals surface area contributed by atoms with Crippen LogP contribution in [0.3, 0.4) is 0 Å². The van der Waals surface area contributed by atoms with Crippen molar-refractivity contribution in [3.63, 3.8) is 0 Å². The van der Waals surface area contributed by atoms with Gasteiger partial charge in [-0.3, -0.25) is 4.79 Å². The zero-order valence-corrected chi connectivity index (χ0v) is 10.2. The second-order valence-corrected chi connectivity index (χ2v) is 5.27. The number of carbonyl (C=O) groups excluding carboxylic acids is 1. The Morgan fingerprint density at radius 1 is 1.00 bits per heavy atom. The van der Waals surface area contributed by atoms with Crippen molar-refractivity contribution in [1.82, 2.24) is 4.90 Å². The molecule has 3 nitrogen and oxygen atoms in total. The topological polar surface area (TPSA) is 40.5 Å². The molecule has 0 saturated carbocycles. The van der Waals surface area contributed by atoms with Crippen molar-refractivity contribution < 1.29 is 36.2 Å². The van der Waals surface area contributed by atoms with E-state index in [4.69, 9.17) is 0 Å². The van der Waals surface area contributed by atoms with Gasteiger partial charge in [0.05, 0.1) is 6.10 Å². The molecule has 0 aromatic rings. The first kappa shape index (κ1) is 15.4. The molecular weight excluding hydrogens is 292 g/mol. The summed E-state index contributed by atoms with van der Waals surface area (Å²) in [6.45, 7) is 0. The van der Waals surface area contributed by atoms with Gasteiger partial charge in [-0.05, 0) is 25.7 Å². The lowest BCUT2D eigenvalue weighted by molar-refractivity contribution is -0.278. The Kier molecular flexibility index (Phi) is 3.68. The number of alkyl halides is 6. The summed E-state index contributed by atoms with van der Waals surface area (Å²) in [4.78, 5) is 12.5. The fourth-order valence-electron chi connectivity index (χ4n) is 3.12. The average Bonchev–Trinajstić information content (AvgIpc) is 2.46. The summed E-state index contributed by atoms with van der Waals surface area (Å²) in [5.74, 6) is -5.92. The molecule has 2 unspecified atom stereocenters. The number of hydrogen-bond acceptors (Lipinski definition) is 2. The standard InChI is InChI=1S/C11H13F6NO2/c12-10(13,14)8(11(15,16)17)9(20)18-5-1-2-6(18)4-7(19)3-5/h5-8,19H,1-4H2. The quantitative estimate of drug-likeness (QED) is 0.755. The highest BCUT2D eigenvalue weighted by atomic mass is 19.4. The number of carbonyl (C=O) groups is 1. The molecule has 0 spiro atoms. The molecule has 2 bridgehead atoms. The van der Waals surface area contributed by atoms with E-state index in [-0.39, 0.29) is 12.8 Å². The van der Waals surface area contributed by atoms with E-state index in [1.807, 2.05) is 0 Å². The van der Waals surface area contributed by atoms with E-state index in [9.17, 15) is 36.2 Å². The van der Waals surface area contributed by atoms with Crippen molar-refractivity contribution >= 4 is 5.91 Å². The Balaban J connectivity index is 2.26. The minimum Gasteiger partial charge on any atom is -0.393 e. The molecule has 0 radical (unpaired) electrons. The van der Waals surface area contributed by atoms with Gasteiger partial charge < -0.3 is 10.0 Å². The van der Waals surface area contributed by atoms with E-state index < -0.39 is 42.4 Å². The Hall–Kier alpha value is -0.990. The van der Waals surface area contributed by atoms with Gasteiger partial charge in [0.25, 0.3) is 0 Å². The molecule has 2 atom stereocenters. The molecule has 116 valence electrons. The molecule has 2 aliphatic heterocycles. The first-order valence-electron chi connectivity index (χ1n) is 6.15. The largest absolute Gasteiger partial charge is 0.409 e. The molecule has 0 aromatic heterocycles. The Bertz CT molecular complexity index is 365. The van der Waals surface area contributed by atoms with Crippen LogP contribution in [0.4, 0.5) is 26.3 Å². The second-order valence-electron chi connectivity index (χ2n) is 5.27. The van der Waals surface area contributed by atoms with Gasteiger partial charge in [-0.2, -0.15) is 26.3 Å². The molecule has 1 amide bonds. The molecule has 0 aromatic carbocycles. The third-order valence-electron chi connectivity index (χ3n) is 3.86. The van der Waals surface area contributed by atoms with Crippen LogP contribution < -0.4 is 0 Å². The van der Waals surface area contributed by atoms with Gasteiger partial charge in [0, 0.05) is 12.1 Å². The summed E-state index contributed by atoms with van der Waals surface area (Å²) in [7, 11) is 0. The average molecular weight is 305 g/mol. The fraction of sp³-hybridized carbons (Fsp3) is 0.909. The SMILES string of the molecule is O=C(C(C(F)(F)F)C(F)(F)F)N1C2CCC1CC(O)C2. The van der Waals surface area contributed by atoms with Crippen LogP contribution in [0.15, 0.2) is 0 Å². The second kappa shape index (κ2) is 4.78. The highest BCUT2D eigenvalue weighted by Crippen LogP contribution is 2.44. The maximum Gasteiger partial charge on any atom is 0.409 e. The lowest BCUT2D eigenvalue weighted by Crippen LogP contribution is -2.55. The lowest BCUT2D eigenvalue weighted by Gasteiger charge is -2.39. The Morgan fingerprint density at radius 2 is 1.40 bits per heavy atom. The normalized spacial score (nSPS) is 31.0. The zero-order chi connectivity index (χ0) is 15.3. The van der Waals surface area contributed by atoms with Crippen LogP contribution in [0.1, 0.15) is 25.7 Å². The van der Waals surface area contributed by atoms with Gasteiger partial charge in [-0.25, -0.2) is 0 Å². The Labute approximate surface area is 110 Å². The van der Waals surface area contributed by atoms with E-state index in [0.29, 0.717) is 17.7 Å². The number of aliphatic hydroxyl groups is 1. The van der Waals surface area contributed by atoms with Gasteiger partial charge in [0.2, 0.25) is 11.8 Å². The van der Waals surface area contributed by atoms with Gasteiger partial charge in [0.15, 0.2) is 0 Å². The van der Waals surface area contributed by atoms with Crippen molar-refractivity contribution in [2.75, 3.05) is 0 Å². The molecule has 2 aliphatic rings. The van der Waals surface area contributed by atoms with Crippen molar-refractivity contribution in [2.45, 2.75) is 56.2 Å². The molecule has 0 aliphatic carbocycles. The number of fused-ring (bicyclic) bond motifs is 2. The van der Waals surface area contributed by atoms with Crippen LogP contribution >= 0.6 is 0 Å². The van der Waals surface area contributed by atoms with E-state index in [1.165, 1.54) is 0 Å². The maximum atomic E-state index is 12.6. The third kappa shape index (κ3) is 2.72. The van der Waals surface area contributed by atoms with Crippen LogP contribution in [0.25, 0.3) is 0 Å². The summed E-state index contributed by atoms with van der Waals surface area (Å²) in [6, 6.07) is -1.47. The molecule has 9 heteroatoms. The summed E-state index contributed by atoms with van der Waals surface area (Å²) in [6.07, 6.45) is -11.4. The van der Waals surface area contributed by atoms with Crippen molar-refractivity contribution in [3.8, 4) is 0 Å². The predicted octanol–water partition coefficient (Wildman–Crippen LogP) is 2.24. The van der Waals surface area contributed by atoms with Gasteiger partial charge in [-0.1, -0.05) is 0 Å². The first-order chi connectivity index (χ1) is 9.01. The van der Waals surface area contributed by atoms with Crippen LogP contribution in [-0.4, -0.2) is 46.5 Å². The first-order valence-corrected chi connectivity index (χ1v) is 6.15. The van der Waals surface area contributed by atoms with Crippen LogP contribution in [0.2, 0.25) is 0 Å². The minimum atomic E-state index is -5.66. The van der Waals surface area contributed by atoms with Crippen LogP contribution in [0, 0.1) is 5.92 Å². The van der Waals surface area contributed by atoms with Crippen molar-refractivity contribution in [2.24, 2.45) is 5.92 Å². The number of nitrogens with zero attached hydrogens (tertiary/aromatic N) is 1. The number of aliphatic hydroxyl groups excluding tert-OH is 1. The third-order valence-corrected chi connectivity index (χ3v) is 3.86. The molecule has 2 fully saturated rings. The number of amides is 1. The number of hydrogen-bond donors (Lipinski definition) is 1. The van der Waals surface area contributed by atoms with E-state index in [1.54, 1.807) is 0 Å². The van der Waals surface area contributed by atoms with Crippen LogP contribution in [0.5, 0.6) is 0 Å². The Morgan fingerprint density at radius 3 is 1.75 bits per heavy atom. The molecule has 1 N–H and O–H groups in total.